The molecule has 28 heavy (non-hydrogen) atoms. The molecule has 0 aliphatic heterocycles. The van der Waals surface area contributed by atoms with Crippen molar-refractivity contribution in [3.05, 3.63) is 57.9 Å². The van der Waals surface area contributed by atoms with Crippen molar-refractivity contribution in [1.29, 1.82) is 0 Å². The summed E-state index contributed by atoms with van der Waals surface area (Å²) < 4.78 is 15.5. The number of oxazole rings is 1. The highest BCUT2D eigenvalue weighted by atomic mass is 32.1. The molecule has 1 amide bonds. The molecule has 2 aromatic carbocycles. The van der Waals surface area contributed by atoms with Crippen molar-refractivity contribution in [2.24, 2.45) is 0 Å². The predicted molar refractivity (Wildman–Crippen MR) is 105 cm³/mol. The average molecular weight is 397 g/mol. The van der Waals surface area contributed by atoms with Crippen LogP contribution in [0.25, 0.3) is 22.4 Å². The highest BCUT2D eigenvalue weighted by Crippen LogP contribution is 2.29. The Morgan fingerprint density at radius 3 is 2.75 bits per heavy atom. The first-order chi connectivity index (χ1) is 13.6. The minimum Gasteiger partial charge on any atom is -0.493 e. The van der Waals surface area contributed by atoms with Gasteiger partial charge in [0.2, 0.25) is 0 Å². The van der Waals surface area contributed by atoms with Gasteiger partial charge in [0, 0.05) is 16.5 Å². The number of carbonyl (C=O) groups excluding carboxylic acids is 1. The maximum atomic E-state index is 12.5. The van der Waals surface area contributed by atoms with Crippen molar-refractivity contribution in [1.82, 2.24) is 9.97 Å². The second-order valence-corrected chi connectivity index (χ2v) is 6.65. The molecule has 0 atom stereocenters. The van der Waals surface area contributed by atoms with Gasteiger partial charge in [0.05, 0.1) is 25.4 Å². The number of aromatic amines is 1. The van der Waals surface area contributed by atoms with Crippen molar-refractivity contribution in [2.75, 3.05) is 19.5 Å². The number of thiazole rings is 1. The Bertz CT molecular complexity index is 1220. The summed E-state index contributed by atoms with van der Waals surface area (Å²) in [5.74, 6) is 0.195. The van der Waals surface area contributed by atoms with Crippen LogP contribution in [0.4, 0.5) is 5.13 Å². The van der Waals surface area contributed by atoms with E-state index in [1.165, 1.54) is 25.6 Å². The van der Waals surface area contributed by atoms with Crippen LogP contribution < -0.4 is 20.5 Å². The Kier molecular flexibility index (Phi) is 4.58. The fourth-order valence-corrected chi connectivity index (χ4v) is 3.43. The number of amides is 1. The van der Waals surface area contributed by atoms with E-state index in [2.05, 4.69) is 15.3 Å². The number of nitrogens with one attached hydrogen (secondary N) is 2. The predicted octanol–water partition coefficient (Wildman–Crippen LogP) is 3.51. The van der Waals surface area contributed by atoms with Crippen LogP contribution in [0.2, 0.25) is 0 Å². The van der Waals surface area contributed by atoms with Gasteiger partial charge in [-0.3, -0.25) is 15.1 Å². The maximum Gasteiger partial charge on any atom is 0.417 e. The topological polar surface area (TPSA) is 106 Å². The van der Waals surface area contributed by atoms with Crippen LogP contribution in [0.15, 0.2) is 51.0 Å². The molecule has 0 saturated heterocycles. The molecule has 0 saturated carbocycles. The van der Waals surface area contributed by atoms with Crippen LogP contribution in [0, 0.1) is 0 Å². The van der Waals surface area contributed by atoms with E-state index >= 15 is 0 Å². The van der Waals surface area contributed by atoms with Gasteiger partial charge < -0.3 is 13.9 Å². The number of fused-ring (bicyclic) bond motifs is 1. The fraction of sp³-hybridized carbons (Fsp3) is 0.105. The van der Waals surface area contributed by atoms with Gasteiger partial charge in [0.15, 0.2) is 22.2 Å². The van der Waals surface area contributed by atoms with Crippen LogP contribution in [-0.4, -0.2) is 30.1 Å². The number of rotatable bonds is 5. The summed E-state index contributed by atoms with van der Waals surface area (Å²) in [6.07, 6.45) is 0. The minimum absolute atomic E-state index is 0.311. The molecular weight excluding hydrogens is 382 g/mol. The third-order valence-electron chi connectivity index (χ3n) is 4.09. The van der Waals surface area contributed by atoms with Crippen molar-refractivity contribution >= 4 is 33.5 Å². The summed E-state index contributed by atoms with van der Waals surface area (Å²) in [5, 5.41) is 5.04. The van der Waals surface area contributed by atoms with E-state index < -0.39 is 5.76 Å². The number of hydrogen-bond donors (Lipinski definition) is 2. The minimum atomic E-state index is -0.506. The van der Waals surface area contributed by atoms with Crippen LogP contribution in [0.5, 0.6) is 11.5 Å². The Labute approximate surface area is 162 Å². The smallest absolute Gasteiger partial charge is 0.417 e. The zero-order valence-corrected chi connectivity index (χ0v) is 15.8. The number of ether oxygens (including phenoxy) is 2. The number of methoxy groups -OCH3 is 2. The number of H-pyrrole nitrogens is 1. The molecule has 0 radical (unpaired) electrons. The molecule has 0 aliphatic carbocycles. The molecule has 8 nitrogen and oxygen atoms in total. The lowest BCUT2D eigenvalue weighted by Crippen LogP contribution is -2.11. The van der Waals surface area contributed by atoms with Crippen LogP contribution >= 0.6 is 11.3 Å². The van der Waals surface area contributed by atoms with E-state index in [1.807, 2.05) is 11.4 Å². The third kappa shape index (κ3) is 3.35. The van der Waals surface area contributed by atoms with Gasteiger partial charge in [0.25, 0.3) is 5.91 Å². The molecular formula is C19H15N3O5S. The number of nitrogens with zero attached hydrogens (tertiary/aromatic N) is 1. The van der Waals surface area contributed by atoms with Gasteiger partial charge in [-0.05, 0) is 30.3 Å². The van der Waals surface area contributed by atoms with E-state index in [4.69, 9.17) is 13.9 Å². The molecule has 0 bridgehead atoms. The molecule has 4 rings (SSSR count). The summed E-state index contributed by atoms with van der Waals surface area (Å²) in [6.45, 7) is 0. The van der Waals surface area contributed by atoms with Crippen molar-refractivity contribution in [3.63, 3.8) is 0 Å². The second kappa shape index (κ2) is 7.20. The lowest BCUT2D eigenvalue weighted by atomic mass is 10.1. The van der Waals surface area contributed by atoms with Crippen molar-refractivity contribution < 1.29 is 18.7 Å². The van der Waals surface area contributed by atoms with E-state index in [1.54, 1.807) is 30.3 Å². The first-order valence-corrected chi connectivity index (χ1v) is 9.07. The maximum absolute atomic E-state index is 12.5. The van der Waals surface area contributed by atoms with Crippen LogP contribution in [-0.2, 0) is 0 Å². The molecule has 9 heteroatoms. The molecule has 142 valence electrons. The number of carbonyl (C=O) groups is 1. The molecule has 2 aromatic heterocycles. The first-order valence-electron chi connectivity index (χ1n) is 8.19. The molecule has 0 spiro atoms. The fourth-order valence-electron chi connectivity index (χ4n) is 2.72. The van der Waals surface area contributed by atoms with E-state index in [0.717, 1.165) is 5.56 Å². The molecule has 4 aromatic rings. The molecule has 0 aliphatic rings. The summed E-state index contributed by atoms with van der Waals surface area (Å²) in [5.41, 5.74) is 2.93. The summed E-state index contributed by atoms with van der Waals surface area (Å²) in [7, 11) is 3.04. The Hall–Kier alpha value is -3.59. The molecule has 0 unspecified atom stereocenters. The van der Waals surface area contributed by atoms with Crippen LogP contribution in [0.1, 0.15) is 10.4 Å². The number of aromatic nitrogens is 2. The first kappa shape index (κ1) is 17.8. The lowest BCUT2D eigenvalue weighted by Gasteiger charge is -2.09. The van der Waals surface area contributed by atoms with Gasteiger partial charge in [-0.15, -0.1) is 11.3 Å². The van der Waals surface area contributed by atoms with E-state index in [0.29, 0.717) is 39.0 Å². The Morgan fingerprint density at radius 2 is 1.96 bits per heavy atom. The van der Waals surface area contributed by atoms with E-state index in [-0.39, 0.29) is 5.91 Å². The second-order valence-electron chi connectivity index (χ2n) is 5.79. The molecule has 0 fully saturated rings. The van der Waals surface area contributed by atoms with Gasteiger partial charge in [-0.25, -0.2) is 9.78 Å². The van der Waals surface area contributed by atoms with Gasteiger partial charge in [0.1, 0.15) is 0 Å². The highest BCUT2D eigenvalue weighted by Gasteiger charge is 2.14. The van der Waals surface area contributed by atoms with Crippen molar-refractivity contribution in [3.8, 4) is 22.8 Å². The SMILES string of the molecule is COc1ccc(C(=O)Nc2nc(-c3ccc4[nH]c(=O)oc4c3)cs2)cc1OC. The number of benzene rings is 2. The monoisotopic (exact) mass is 397 g/mol. The van der Waals surface area contributed by atoms with Gasteiger partial charge in [-0.2, -0.15) is 0 Å². The molecule has 2 N–H and O–H groups in total. The normalized spacial score (nSPS) is 10.8. The summed E-state index contributed by atoms with van der Waals surface area (Å²) in [4.78, 5) is 30.8. The van der Waals surface area contributed by atoms with Gasteiger partial charge >= 0.3 is 5.76 Å². The number of anilines is 1. The molecule has 2 heterocycles. The highest BCUT2D eigenvalue weighted by molar-refractivity contribution is 7.14. The largest absolute Gasteiger partial charge is 0.493 e. The lowest BCUT2D eigenvalue weighted by molar-refractivity contribution is 0.102. The van der Waals surface area contributed by atoms with Gasteiger partial charge in [-0.1, -0.05) is 6.07 Å². The standard InChI is InChI=1S/C19H15N3O5S/c1-25-14-6-4-11(8-16(14)26-2)17(23)22-18-20-13(9-28-18)10-3-5-12-15(7-10)27-19(24)21-12/h3-9H,1-2H3,(H,21,24)(H,20,22,23). The Balaban J connectivity index is 1.55. The Morgan fingerprint density at radius 1 is 1.14 bits per heavy atom. The van der Waals surface area contributed by atoms with Crippen molar-refractivity contribution in [2.45, 2.75) is 0 Å². The quantitative estimate of drug-likeness (QED) is 0.534. The summed E-state index contributed by atoms with van der Waals surface area (Å²) >= 11 is 1.30. The zero-order valence-electron chi connectivity index (χ0n) is 14.9. The van der Waals surface area contributed by atoms with Crippen LogP contribution in [0.3, 0.4) is 0 Å². The van der Waals surface area contributed by atoms with E-state index in [9.17, 15) is 9.59 Å². The zero-order chi connectivity index (χ0) is 19.7. The summed E-state index contributed by atoms with van der Waals surface area (Å²) in [6, 6.07) is 10.2. The average Bonchev–Trinajstić information content (AvgIpc) is 3.32. The number of hydrogen-bond acceptors (Lipinski definition) is 7. The third-order valence-corrected chi connectivity index (χ3v) is 4.84.